The van der Waals surface area contributed by atoms with Crippen molar-refractivity contribution in [1.29, 1.82) is 0 Å². The van der Waals surface area contributed by atoms with Crippen molar-refractivity contribution in [2.45, 2.75) is 11.8 Å². The first-order chi connectivity index (χ1) is 12.2. The number of carbonyl (C=O) groups excluding carboxylic acids is 2. The molecular weight excluding hydrogens is 366 g/mol. The average molecular weight is 382 g/mol. The van der Waals surface area contributed by atoms with Crippen molar-refractivity contribution in [3.05, 3.63) is 59.7 Å². The summed E-state index contributed by atoms with van der Waals surface area (Å²) < 4.78 is 50.0. The predicted molar refractivity (Wildman–Crippen MR) is 91.5 cm³/mol. The van der Waals surface area contributed by atoms with Crippen LogP contribution in [0.15, 0.2) is 47.4 Å². The third-order valence-corrected chi connectivity index (χ3v) is 5.25. The second kappa shape index (κ2) is 8.05. The second-order valence-electron chi connectivity index (χ2n) is 5.26. The molecular formula is C17H16F2N2O4S. The van der Waals surface area contributed by atoms with Crippen molar-refractivity contribution in [2.24, 2.45) is 0 Å². The van der Waals surface area contributed by atoms with Crippen LogP contribution in [0.5, 0.6) is 0 Å². The van der Waals surface area contributed by atoms with Gasteiger partial charge in [-0.15, -0.1) is 0 Å². The van der Waals surface area contributed by atoms with E-state index in [-0.39, 0.29) is 21.9 Å². The van der Waals surface area contributed by atoms with Gasteiger partial charge in [0.1, 0.15) is 0 Å². The Labute approximate surface area is 149 Å². The number of hydrogen-bond donors (Lipinski definition) is 2. The molecule has 0 radical (unpaired) electrons. The van der Waals surface area contributed by atoms with Gasteiger partial charge in [-0.05, 0) is 24.3 Å². The van der Waals surface area contributed by atoms with Crippen LogP contribution in [0.4, 0.5) is 14.5 Å². The van der Waals surface area contributed by atoms with Crippen LogP contribution in [-0.2, 0) is 14.6 Å². The van der Waals surface area contributed by atoms with Crippen molar-refractivity contribution in [3.63, 3.8) is 0 Å². The number of halogens is 2. The van der Waals surface area contributed by atoms with Gasteiger partial charge in [0.2, 0.25) is 5.91 Å². The third kappa shape index (κ3) is 4.63. The highest BCUT2D eigenvalue weighted by molar-refractivity contribution is 7.91. The fraction of sp³-hybridized carbons (Fsp3) is 0.176. The molecule has 2 amide bonds. The molecule has 2 N–H and O–H groups in total. The Kier molecular flexibility index (Phi) is 6.04. The molecule has 0 saturated heterocycles. The number of sulfone groups is 1. The summed E-state index contributed by atoms with van der Waals surface area (Å²) in [7, 11) is -3.61. The highest BCUT2D eigenvalue weighted by Crippen LogP contribution is 2.17. The number of anilines is 1. The Hall–Kier alpha value is -2.81. The van der Waals surface area contributed by atoms with Gasteiger partial charge in [0.05, 0.1) is 22.8 Å². The van der Waals surface area contributed by atoms with E-state index in [1.54, 1.807) is 0 Å². The van der Waals surface area contributed by atoms with Crippen LogP contribution in [0.3, 0.4) is 0 Å². The molecule has 0 aliphatic heterocycles. The fourth-order valence-corrected chi connectivity index (χ4v) is 3.21. The van der Waals surface area contributed by atoms with Gasteiger partial charge in [0.15, 0.2) is 21.5 Å². The summed E-state index contributed by atoms with van der Waals surface area (Å²) in [5.41, 5.74) is -0.0490. The van der Waals surface area contributed by atoms with Crippen LogP contribution >= 0.6 is 0 Å². The van der Waals surface area contributed by atoms with E-state index in [2.05, 4.69) is 10.6 Å². The number of amides is 2. The monoisotopic (exact) mass is 382 g/mol. The third-order valence-electron chi connectivity index (χ3n) is 3.46. The summed E-state index contributed by atoms with van der Waals surface area (Å²) in [6.45, 7) is 0.984. The molecule has 0 spiro atoms. The molecule has 2 aromatic rings. The smallest absolute Gasteiger partial charge is 0.253 e. The Balaban J connectivity index is 2.05. The molecule has 2 rings (SSSR count). The highest BCUT2D eigenvalue weighted by atomic mass is 32.2. The minimum Gasteiger partial charge on any atom is -0.343 e. The van der Waals surface area contributed by atoms with Crippen LogP contribution in [0.1, 0.15) is 17.3 Å². The maximum atomic E-state index is 13.1. The number of rotatable bonds is 6. The van der Waals surface area contributed by atoms with Gasteiger partial charge in [-0.25, -0.2) is 17.2 Å². The molecule has 0 aliphatic carbocycles. The van der Waals surface area contributed by atoms with E-state index in [9.17, 15) is 26.8 Å². The van der Waals surface area contributed by atoms with Crippen molar-refractivity contribution in [3.8, 4) is 0 Å². The van der Waals surface area contributed by atoms with Crippen LogP contribution in [0.2, 0.25) is 0 Å². The predicted octanol–water partition coefficient (Wildman–Crippen LogP) is 2.13. The Bertz CT molecular complexity index is 946. The minimum atomic E-state index is -3.61. The van der Waals surface area contributed by atoms with Crippen molar-refractivity contribution >= 4 is 27.3 Å². The van der Waals surface area contributed by atoms with Crippen LogP contribution in [-0.4, -0.2) is 32.5 Å². The highest BCUT2D eigenvalue weighted by Gasteiger charge is 2.20. The molecule has 0 unspecified atom stereocenters. The Morgan fingerprint density at radius 3 is 2.38 bits per heavy atom. The van der Waals surface area contributed by atoms with Gasteiger partial charge in [-0.3, -0.25) is 9.59 Å². The zero-order valence-corrected chi connectivity index (χ0v) is 14.6. The van der Waals surface area contributed by atoms with E-state index in [0.717, 1.165) is 12.1 Å². The maximum absolute atomic E-state index is 13.1. The first-order valence-corrected chi connectivity index (χ1v) is 9.24. The van der Waals surface area contributed by atoms with Crippen LogP contribution in [0.25, 0.3) is 0 Å². The summed E-state index contributed by atoms with van der Waals surface area (Å²) in [4.78, 5) is 23.9. The molecule has 9 heteroatoms. The van der Waals surface area contributed by atoms with E-state index < -0.39 is 39.8 Å². The SMILES string of the molecule is CCS(=O)(=O)c1ccccc1C(=O)NCC(=O)Nc1ccc(F)c(F)c1. The van der Waals surface area contributed by atoms with Gasteiger partial charge in [-0.2, -0.15) is 0 Å². The molecule has 0 saturated carbocycles. The molecule has 0 aromatic heterocycles. The number of nitrogens with one attached hydrogen (secondary N) is 2. The number of carbonyl (C=O) groups is 2. The van der Waals surface area contributed by atoms with Gasteiger partial charge in [0.25, 0.3) is 5.91 Å². The van der Waals surface area contributed by atoms with Crippen LogP contribution < -0.4 is 10.6 Å². The van der Waals surface area contributed by atoms with Crippen LogP contribution in [0, 0.1) is 11.6 Å². The summed E-state index contributed by atoms with van der Waals surface area (Å²) in [6.07, 6.45) is 0. The molecule has 26 heavy (non-hydrogen) atoms. The largest absolute Gasteiger partial charge is 0.343 e. The molecule has 0 bridgehead atoms. The van der Waals surface area contributed by atoms with E-state index >= 15 is 0 Å². The normalized spacial score (nSPS) is 11.0. The summed E-state index contributed by atoms with van der Waals surface area (Å²) in [5.74, 6) is -3.76. The topological polar surface area (TPSA) is 92.3 Å². The number of benzene rings is 2. The van der Waals surface area contributed by atoms with Gasteiger partial charge in [0, 0.05) is 11.8 Å². The quantitative estimate of drug-likeness (QED) is 0.801. The van der Waals surface area contributed by atoms with E-state index in [1.807, 2.05) is 0 Å². The lowest BCUT2D eigenvalue weighted by molar-refractivity contribution is -0.115. The lowest BCUT2D eigenvalue weighted by Gasteiger charge is -2.10. The molecule has 138 valence electrons. The van der Waals surface area contributed by atoms with E-state index in [1.165, 1.54) is 37.3 Å². The molecule has 2 aromatic carbocycles. The van der Waals surface area contributed by atoms with E-state index in [4.69, 9.17) is 0 Å². The number of hydrogen-bond acceptors (Lipinski definition) is 4. The Morgan fingerprint density at radius 1 is 1.04 bits per heavy atom. The molecule has 0 fully saturated rings. The van der Waals surface area contributed by atoms with Crippen molar-refractivity contribution in [2.75, 3.05) is 17.6 Å². The zero-order chi connectivity index (χ0) is 19.3. The first-order valence-electron chi connectivity index (χ1n) is 7.59. The molecule has 0 heterocycles. The lowest BCUT2D eigenvalue weighted by Crippen LogP contribution is -2.33. The van der Waals surface area contributed by atoms with Crippen molar-refractivity contribution in [1.82, 2.24) is 5.32 Å². The summed E-state index contributed by atoms with van der Waals surface area (Å²) >= 11 is 0. The Morgan fingerprint density at radius 2 is 1.73 bits per heavy atom. The minimum absolute atomic E-state index is 0.0251. The van der Waals surface area contributed by atoms with Gasteiger partial charge in [-0.1, -0.05) is 19.1 Å². The second-order valence-corrected chi connectivity index (χ2v) is 7.51. The van der Waals surface area contributed by atoms with Crippen molar-refractivity contribution < 1.29 is 26.8 Å². The molecule has 0 atom stereocenters. The molecule has 0 aliphatic rings. The maximum Gasteiger partial charge on any atom is 0.253 e. The van der Waals surface area contributed by atoms with E-state index in [0.29, 0.717) is 0 Å². The average Bonchev–Trinajstić information content (AvgIpc) is 2.62. The van der Waals surface area contributed by atoms with Gasteiger partial charge < -0.3 is 10.6 Å². The standard InChI is InChI=1S/C17H16F2N2O4S/c1-2-26(24,25)15-6-4-3-5-12(15)17(23)20-10-16(22)21-11-7-8-13(18)14(19)9-11/h3-9H,2,10H2,1H3,(H,20,23)(H,21,22). The fourth-order valence-electron chi connectivity index (χ4n) is 2.12. The molecule has 6 nitrogen and oxygen atoms in total. The summed E-state index contributed by atoms with van der Waals surface area (Å²) in [5, 5.41) is 4.59. The summed E-state index contributed by atoms with van der Waals surface area (Å²) in [6, 6.07) is 8.48. The lowest BCUT2D eigenvalue weighted by atomic mass is 10.2. The zero-order valence-electron chi connectivity index (χ0n) is 13.8. The van der Waals surface area contributed by atoms with Gasteiger partial charge >= 0.3 is 0 Å². The first kappa shape index (κ1) is 19.5.